The molecule has 0 saturated heterocycles. The second kappa shape index (κ2) is 5.56. The Hall–Kier alpha value is -2.47. The molecule has 0 bridgehead atoms. The van der Waals surface area contributed by atoms with E-state index in [1.807, 2.05) is 24.0 Å². The van der Waals surface area contributed by atoms with Gasteiger partial charge >= 0.3 is 0 Å². The van der Waals surface area contributed by atoms with Crippen molar-refractivity contribution in [3.05, 3.63) is 62.5 Å². The molecule has 0 unspecified atom stereocenters. The van der Waals surface area contributed by atoms with Gasteiger partial charge in [0.25, 0.3) is 11.5 Å². The van der Waals surface area contributed by atoms with Crippen molar-refractivity contribution in [3.8, 4) is 0 Å². The third-order valence-electron chi connectivity index (χ3n) is 4.62. The summed E-state index contributed by atoms with van der Waals surface area (Å²) in [7, 11) is 1.68. The number of carbonyl (C=O) groups excluding carboxylic acids is 1. The summed E-state index contributed by atoms with van der Waals surface area (Å²) in [5.74, 6) is -0.00736. The van der Waals surface area contributed by atoms with Gasteiger partial charge in [-0.25, -0.2) is 4.98 Å². The summed E-state index contributed by atoms with van der Waals surface area (Å²) in [6.07, 6.45) is 2.37. The summed E-state index contributed by atoms with van der Waals surface area (Å²) in [6.45, 7) is 3.16. The Morgan fingerprint density at radius 3 is 2.79 bits per heavy atom. The van der Waals surface area contributed by atoms with Gasteiger partial charge in [-0.2, -0.15) is 0 Å². The summed E-state index contributed by atoms with van der Waals surface area (Å²) in [4.78, 5) is 32.7. The van der Waals surface area contributed by atoms with E-state index in [0.29, 0.717) is 28.2 Å². The number of fused-ring (bicyclic) bond motifs is 2. The van der Waals surface area contributed by atoms with Gasteiger partial charge < -0.3 is 9.47 Å². The maximum absolute atomic E-state index is 13.0. The van der Waals surface area contributed by atoms with E-state index < -0.39 is 0 Å². The highest BCUT2D eigenvalue weighted by Crippen LogP contribution is 2.29. The average molecular weight is 339 g/mol. The molecule has 0 radical (unpaired) electrons. The van der Waals surface area contributed by atoms with Crippen LogP contribution in [-0.2, 0) is 20.0 Å². The van der Waals surface area contributed by atoms with E-state index in [2.05, 4.69) is 17.1 Å². The van der Waals surface area contributed by atoms with Gasteiger partial charge in [0, 0.05) is 20.1 Å². The van der Waals surface area contributed by atoms with Crippen LogP contribution in [0.3, 0.4) is 0 Å². The Labute approximate surface area is 143 Å². The second-order valence-corrected chi connectivity index (χ2v) is 7.14. The van der Waals surface area contributed by atoms with Crippen molar-refractivity contribution in [1.29, 1.82) is 0 Å². The summed E-state index contributed by atoms with van der Waals surface area (Å²) in [6, 6.07) is 8.23. The molecular formula is C18H17N3O2S. The average Bonchev–Trinajstić information content (AvgIpc) is 2.94. The molecule has 5 nitrogen and oxygen atoms in total. The number of amides is 1. The largest absolute Gasteiger partial charge is 0.333 e. The number of aromatic nitrogens is 2. The van der Waals surface area contributed by atoms with E-state index in [0.717, 1.165) is 12.0 Å². The maximum atomic E-state index is 13.0. The fraction of sp³-hybridized carbons (Fsp3) is 0.278. The minimum Gasteiger partial charge on any atom is -0.333 e. The lowest BCUT2D eigenvalue weighted by atomic mass is 9.99. The molecule has 0 saturated carbocycles. The van der Waals surface area contributed by atoms with E-state index in [1.54, 1.807) is 7.05 Å². The van der Waals surface area contributed by atoms with Gasteiger partial charge in [0.1, 0.15) is 4.83 Å². The van der Waals surface area contributed by atoms with Crippen LogP contribution in [0, 0.1) is 6.92 Å². The zero-order valence-corrected chi connectivity index (χ0v) is 14.4. The summed E-state index contributed by atoms with van der Waals surface area (Å²) in [5, 5.41) is 0.561. The third-order valence-corrected chi connectivity index (χ3v) is 5.81. The number of benzene rings is 1. The highest BCUT2D eigenvalue weighted by molar-refractivity contribution is 7.20. The van der Waals surface area contributed by atoms with Crippen LogP contribution in [0.5, 0.6) is 0 Å². The summed E-state index contributed by atoms with van der Waals surface area (Å²) < 4.78 is 1.45. The molecule has 0 spiro atoms. The van der Waals surface area contributed by atoms with Crippen LogP contribution in [0.2, 0.25) is 0 Å². The lowest BCUT2D eigenvalue weighted by Gasteiger charge is -2.28. The zero-order chi connectivity index (χ0) is 16.8. The first-order chi connectivity index (χ1) is 11.6. The molecule has 4 rings (SSSR count). The molecule has 6 heteroatoms. The normalized spacial score (nSPS) is 14.0. The van der Waals surface area contributed by atoms with Crippen molar-refractivity contribution >= 4 is 27.5 Å². The van der Waals surface area contributed by atoms with E-state index in [1.165, 1.54) is 33.4 Å². The third kappa shape index (κ3) is 2.26. The first-order valence-electron chi connectivity index (χ1n) is 7.87. The molecule has 0 N–H and O–H groups in total. The molecule has 1 amide bonds. The Kier molecular flexibility index (Phi) is 3.49. The van der Waals surface area contributed by atoms with Crippen molar-refractivity contribution in [3.63, 3.8) is 0 Å². The molecule has 1 aromatic carbocycles. The van der Waals surface area contributed by atoms with Crippen molar-refractivity contribution in [2.45, 2.75) is 19.9 Å². The molecular weight excluding hydrogens is 322 g/mol. The van der Waals surface area contributed by atoms with E-state index in [-0.39, 0.29) is 11.5 Å². The molecule has 0 fully saturated rings. The minimum atomic E-state index is -0.100. The first-order valence-corrected chi connectivity index (χ1v) is 8.68. The van der Waals surface area contributed by atoms with Gasteiger partial charge in [-0.3, -0.25) is 9.59 Å². The standard InChI is InChI=1S/C18H17N3O2S/c1-11-14-16(19-10-20(2)17(14)22)24-15(11)18(23)21-8-7-12-5-3-4-6-13(12)9-21/h3-6,10H,7-9H2,1-2H3. The van der Waals surface area contributed by atoms with Crippen LogP contribution in [0.15, 0.2) is 35.4 Å². The monoisotopic (exact) mass is 339 g/mol. The van der Waals surface area contributed by atoms with Gasteiger partial charge in [-0.05, 0) is 30.0 Å². The quantitative estimate of drug-likeness (QED) is 0.684. The van der Waals surface area contributed by atoms with Crippen molar-refractivity contribution < 1.29 is 4.79 Å². The number of hydrogen-bond acceptors (Lipinski definition) is 4. The highest BCUT2D eigenvalue weighted by atomic mass is 32.1. The lowest BCUT2D eigenvalue weighted by Crippen LogP contribution is -2.35. The Bertz CT molecular complexity index is 1020. The van der Waals surface area contributed by atoms with E-state index >= 15 is 0 Å². The number of aryl methyl sites for hydroxylation is 2. The molecule has 3 heterocycles. The topological polar surface area (TPSA) is 55.2 Å². The van der Waals surface area contributed by atoms with Crippen molar-refractivity contribution in [1.82, 2.24) is 14.5 Å². The highest BCUT2D eigenvalue weighted by Gasteiger charge is 2.26. The Balaban J connectivity index is 1.73. The molecule has 122 valence electrons. The molecule has 1 aliphatic heterocycles. The number of carbonyl (C=O) groups is 1. The predicted molar refractivity (Wildman–Crippen MR) is 94.5 cm³/mol. The van der Waals surface area contributed by atoms with Crippen LogP contribution in [0.4, 0.5) is 0 Å². The molecule has 3 aromatic rings. The fourth-order valence-electron chi connectivity index (χ4n) is 3.23. The summed E-state index contributed by atoms with van der Waals surface area (Å²) in [5.41, 5.74) is 3.15. The van der Waals surface area contributed by atoms with E-state index in [4.69, 9.17) is 0 Å². The summed E-state index contributed by atoms with van der Waals surface area (Å²) >= 11 is 1.31. The number of thiophene rings is 1. The van der Waals surface area contributed by atoms with Crippen LogP contribution in [0.1, 0.15) is 26.4 Å². The molecule has 0 aliphatic carbocycles. The molecule has 1 aliphatic rings. The van der Waals surface area contributed by atoms with Crippen LogP contribution in [-0.4, -0.2) is 26.9 Å². The molecule has 0 atom stereocenters. The van der Waals surface area contributed by atoms with Crippen molar-refractivity contribution in [2.24, 2.45) is 7.05 Å². The fourth-order valence-corrected chi connectivity index (χ4v) is 4.33. The van der Waals surface area contributed by atoms with Crippen LogP contribution < -0.4 is 5.56 Å². The van der Waals surface area contributed by atoms with Gasteiger partial charge in [-0.1, -0.05) is 24.3 Å². The molecule has 24 heavy (non-hydrogen) atoms. The lowest BCUT2D eigenvalue weighted by molar-refractivity contribution is 0.0739. The number of hydrogen-bond donors (Lipinski definition) is 0. The van der Waals surface area contributed by atoms with Gasteiger partial charge in [-0.15, -0.1) is 11.3 Å². The first kappa shape index (κ1) is 15.1. The maximum Gasteiger partial charge on any atom is 0.264 e. The molecule has 2 aromatic heterocycles. The SMILES string of the molecule is Cc1c(C(=O)N2CCc3ccccc3C2)sc2ncn(C)c(=O)c12. The number of nitrogens with zero attached hydrogens (tertiary/aromatic N) is 3. The van der Waals surface area contributed by atoms with Crippen LogP contribution >= 0.6 is 11.3 Å². The smallest absolute Gasteiger partial charge is 0.264 e. The Morgan fingerprint density at radius 1 is 1.25 bits per heavy atom. The van der Waals surface area contributed by atoms with Crippen molar-refractivity contribution in [2.75, 3.05) is 6.54 Å². The van der Waals surface area contributed by atoms with E-state index in [9.17, 15) is 9.59 Å². The van der Waals surface area contributed by atoms with Gasteiger partial charge in [0.05, 0.1) is 16.6 Å². The van der Waals surface area contributed by atoms with Gasteiger partial charge in [0.15, 0.2) is 0 Å². The second-order valence-electron chi connectivity index (χ2n) is 6.14. The Morgan fingerprint density at radius 2 is 2.00 bits per heavy atom. The van der Waals surface area contributed by atoms with Gasteiger partial charge in [0.2, 0.25) is 0 Å². The minimum absolute atomic E-state index is 0.00736. The number of rotatable bonds is 1. The predicted octanol–water partition coefficient (Wildman–Crippen LogP) is 2.50. The van der Waals surface area contributed by atoms with Crippen LogP contribution in [0.25, 0.3) is 10.2 Å². The zero-order valence-electron chi connectivity index (χ0n) is 13.6.